The van der Waals surface area contributed by atoms with E-state index in [1.165, 1.54) is 31.5 Å². The van der Waals surface area contributed by atoms with E-state index in [0.29, 0.717) is 12.3 Å². The van der Waals surface area contributed by atoms with Crippen molar-refractivity contribution in [1.29, 1.82) is 0 Å². The molecule has 0 aliphatic carbocycles. The van der Waals surface area contributed by atoms with E-state index in [1.807, 2.05) is 13.8 Å². The number of fused-ring (bicyclic) bond motifs is 1. The van der Waals surface area contributed by atoms with Gasteiger partial charge in [0.15, 0.2) is 5.76 Å². The number of carboxylic acids is 1. The molecule has 1 aromatic carbocycles. The van der Waals surface area contributed by atoms with Crippen molar-refractivity contribution in [2.24, 2.45) is 5.10 Å². The van der Waals surface area contributed by atoms with Gasteiger partial charge in [0.25, 0.3) is 0 Å². The second-order valence-corrected chi connectivity index (χ2v) is 7.71. The van der Waals surface area contributed by atoms with Crippen molar-refractivity contribution in [1.82, 2.24) is 5.01 Å². The molecule has 0 bridgehead atoms. The van der Waals surface area contributed by atoms with Crippen molar-refractivity contribution in [3.63, 3.8) is 0 Å². The van der Waals surface area contributed by atoms with Crippen LogP contribution in [0, 0.1) is 10.1 Å². The van der Waals surface area contributed by atoms with E-state index in [2.05, 4.69) is 9.84 Å². The van der Waals surface area contributed by atoms with E-state index in [9.17, 15) is 19.7 Å². The fourth-order valence-electron chi connectivity index (χ4n) is 3.24. The van der Waals surface area contributed by atoms with Crippen LogP contribution in [-0.4, -0.2) is 59.2 Å². The van der Waals surface area contributed by atoms with E-state index < -0.39 is 17.0 Å². The summed E-state index contributed by atoms with van der Waals surface area (Å²) in [6.45, 7) is 4.69. The fraction of sp³-hybridized carbons (Fsp3) is 0.381. The van der Waals surface area contributed by atoms with Crippen LogP contribution in [0.5, 0.6) is 11.5 Å². The number of hydrogen-bond donors (Lipinski definition) is 1. The maximum absolute atomic E-state index is 11.1. The second kappa shape index (κ2) is 9.59. The number of benzene rings is 1. The molecule has 0 unspecified atom stereocenters. The first-order chi connectivity index (χ1) is 15.6. The summed E-state index contributed by atoms with van der Waals surface area (Å²) in [6.07, 6.45) is 2.29. The molecule has 0 saturated carbocycles. The zero-order chi connectivity index (χ0) is 24.2. The Morgan fingerprint density at radius 3 is 2.67 bits per heavy atom. The lowest BCUT2D eigenvalue weighted by Gasteiger charge is -2.33. The highest BCUT2D eigenvalue weighted by molar-refractivity contribution is 5.92. The molecule has 0 radical (unpaired) electrons. The van der Waals surface area contributed by atoms with Crippen molar-refractivity contribution in [3.05, 3.63) is 51.3 Å². The van der Waals surface area contributed by atoms with Gasteiger partial charge in [0.05, 0.1) is 25.9 Å². The highest BCUT2D eigenvalue weighted by atomic mass is 16.6. The Labute approximate surface area is 188 Å². The molecular formula is C21H23N3O9. The van der Waals surface area contributed by atoms with Gasteiger partial charge < -0.3 is 23.7 Å². The summed E-state index contributed by atoms with van der Waals surface area (Å²) < 4.78 is 20.5. The number of carbonyl (C=O) groups excluding carboxylic acids is 1. The minimum Gasteiger partial charge on any atom is -0.495 e. The van der Waals surface area contributed by atoms with Crippen molar-refractivity contribution >= 4 is 24.2 Å². The number of rotatable bonds is 5. The van der Waals surface area contributed by atoms with E-state index in [-0.39, 0.29) is 29.4 Å². The van der Waals surface area contributed by atoms with Gasteiger partial charge in [-0.3, -0.25) is 10.1 Å². The number of nitrogens with zero attached hydrogens (tertiary/aromatic N) is 3. The number of nitro groups is 1. The van der Waals surface area contributed by atoms with E-state index >= 15 is 0 Å². The van der Waals surface area contributed by atoms with E-state index in [1.54, 1.807) is 6.07 Å². The predicted octanol–water partition coefficient (Wildman–Crippen LogP) is 3.47. The first-order valence-electron chi connectivity index (χ1n) is 9.96. The zero-order valence-electron chi connectivity index (χ0n) is 18.3. The SMILES string of the molecule is COc1c(C(=O)O)ccc2c1CCC(C)(C)O2.O=C1OCCN1N=Cc1ccc([N+](=O)[O-])o1. The molecule has 33 heavy (non-hydrogen) atoms. The van der Waals surface area contributed by atoms with Crippen LogP contribution in [-0.2, 0) is 11.2 Å². The van der Waals surface area contributed by atoms with Crippen LogP contribution in [0.2, 0.25) is 0 Å². The zero-order valence-corrected chi connectivity index (χ0v) is 18.3. The Bertz CT molecular complexity index is 1090. The van der Waals surface area contributed by atoms with Gasteiger partial charge in [-0.2, -0.15) is 10.1 Å². The summed E-state index contributed by atoms with van der Waals surface area (Å²) in [7, 11) is 1.49. The molecule has 1 saturated heterocycles. The summed E-state index contributed by atoms with van der Waals surface area (Å²) in [5, 5.41) is 24.3. The number of furan rings is 1. The van der Waals surface area contributed by atoms with Crippen molar-refractivity contribution in [2.75, 3.05) is 20.3 Å². The van der Waals surface area contributed by atoms with Crippen LogP contribution in [0.25, 0.3) is 0 Å². The number of ether oxygens (including phenoxy) is 3. The number of carbonyl (C=O) groups is 2. The number of amides is 1. The Morgan fingerprint density at radius 2 is 2.09 bits per heavy atom. The average molecular weight is 461 g/mol. The molecular weight excluding hydrogens is 438 g/mol. The lowest BCUT2D eigenvalue weighted by Crippen LogP contribution is -2.32. The number of cyclic esters (lactones) is 1. The van der Waals surface area contributed by atoms with Gasteiger partial charge in [-0.1, -0.05) is 0 Å². The normalized spacial score (nSPS) is 16.3. The quantitative estimate of drug-likeness (QED) is 0.400. The van der Waals surface area contributed by atoms with E-state index in [4.69, 9.17) is 19.0 Å². The number of hydrogen-bond acceptors (Lipinski definition) is 9. The van der Waals surface area contributed by atoms with Crippen LogP contribution in [0.15, 0.2) is 33.8 Å². The molecule has 1 aromatic heterocycles. The maximum atomic E-state index is 11.1. The van der Waals surface area contributed by atoms with Crippen molar-refractivity contribution in [3.8, 4) is 11.5 Å². The highest BCUT2D eigenvalue weighted by Gasteiger charge is 2.30. The lowest BCUT2D eigenvalue weighted by molar-refractivity contribution is -0.402. The Kier molecular flexibility index (Phi) is 6.85. The van der Waals surface area contributed by atoms with Gasteiger partial charge in [0, 0.05) is 5.56 Å². The topological polar surface area (TPSA) is 154 Å². The van der Waals surface area contributed by atoms with Crippen LogP contribution in [0.1, 0.15) is 41.9 Å². The molecule has 0 spiro atoms. The van der Waals surface area contributed by atoms with Crippen LogP contribution in [0.4, 0.5) is 10.7 Å². The van der Waals surface area contributed by atoms with Gasteiger partial charge in [-0.15, -0.1) is 0 Å². The third kappa shape index (κ3) is 5.59. The highest BCUT2D eigenvalue weighted by Crippen LogP contribution is 2.40. The van der Waals surface area contributed by atoms with Gasteiger partial charge in [0.2, 0.25) is 0 Å². The lowest BCUT2D eigenvalue weighted by atomic mass is 9.92. The summed E-state index contributed by atoms with van der Waals surface area (Å²) in [6, 6.07) is 5.84. The molecule has 1 amide bonds. The summed E-state index contributed by atoms with van der Waals surface area (Å²) in [5.41, 5.74) is 0.837. The third-order valence-electron chi connectivity index (χ3n) is 4.87. The average Bonchev–Trinajstić information content (AvgIpc) is 3.39. The van der Waals surface area contributed by atoms with E-state index in [0.717, 1.165) is 29.2 Å². The van der Waals surface area contributed by atoms with Crippen LogP contribution >= 0.6 is 0 Å². The summed E-state index contributed by atoms with van der Waals surface area (Å²) >= 11 is 0. The van der Waals surface area contributed by atoms with Gasteiger partial charge in [-0.05, 0) is 44.9 Å². The summed E-state index contributed by atoms with van der Waals surface area (Å²) in [4.78, 5) is 31.7. The molecule has 2 aliphatic heterocycles. The first-order valence-corrected chi connectivity index (χ1v) is 9.96. The minimum atomic E-state index is -0.977. The number of aromatic carboxylic acids is 1. The molecule has 2 aromatic rings. The molecule has 3 heterocycles. The molecule has 12 heteroatoms. The second-order valence-electron chi connectivity index (χ2n) is 7.71. The first kappa shape index (κ1) is 23.6. The Balaban J connectivity index is 0.000000186. The van der Waals surface area contributed by atoms with Crippen molar-refractivity contribution < 1.29 is 38.2 Å². The number of methoxy groups -OCH3 is 1. The van der Waals surface area contributed by atoms with Gasteiger partial charge >= 0.3 is 17.9 Å². The summed E-state index contributed by atoms with van der Waals surface area (Å²) in [5.74, 6) is -0.0000628. The smallest absolute Gasteiger partial charge is 0.433 e. The van der Waals surface area contributed by atoms with Crippen molar-refractivity contribution in [2.45, 2.75) is 32.3 Å². The monoisotopic (exact) mass is 461 g/mol. The predicted molar refractivity (Wildman–Crippen MR) is 114 cm³/mol. The third-order valence-corrected chi connectivity index (χ3v) is 4.87. The molecule has 4 rings (SSSR count). The Hall–Kier alpha value is -4.09. The largest absolute Gasteiger partial charge is 0.495 e. The Morgan fingerprint density at radius 1 is 1.33 bits per heavy atom. The standard InChI is InChI=1S/C13H16O4.C8H7N3O5/c1-13(2)7-6-8-10(17-13)5-4-9(12(14)15)11(8)16-3;12-8-10(3-4-15-8)9-5-6-1-2-7(16-6)11(13)14/h4-5H,6-7H2,1-3H3,(H,14,15);1-2,5H,3-4H2. The van der Waals surface area contributed by atoms with Gasteiger partial charge in [0.1, 0.15) is 34.2 Å². The minimum absolute atomic E-state index is 0.189. The van der Waals surface area contributed by atoms with Crippen LogP contribution in [0.3, 0.4) is 0 Å². The molecule has 1 fully saturated rings. The molecule has 1 N–H and O–H groups in total. The number of hydrazone groups is 1. The van der Waals surface area contributed by atoms with Crippen LogP contribution < -0.4 is 9.47 Å². The fourth-order valence-corrected chi connectivity index (χ4v) is 3.24. The number of carboxylic acid groups (broad SMARTS) is 1. The maximum Gasteiger partial charge on any atom is 0.433 e. The van der Waals surface area contributed by atoms with Gasteiger partial charge in [-0.25, -0.2) is 9.59 Å². The molecule has 0 atom stereocenters. The molecule has 12 nitrogen and oxygen atoms in total. The molecule has 2 aliphatic rings. The molecule has 176 valence electrons.